The van der Waals surface area contributed by atoms with Crippen LogP contribution in [0.2, 0.25) is 0 Å². The van der Waals surface area contributed by atoms with Gasteiger partial charge in [-0.05, 0) is 17.7 Å². The van der Waals surface area contributed by atoms with E-state index >= 15 is 0 Å². The van der Waals surface area contributed by atoms with Crippen LogP contribution in [0.1, 0.15) is 15.9 Å². The summed E-state index contributed by atoms with van der Waals surface area (Å²) in [4.78, 5) is 24.3. The van der Waals surface area contributed by atoms with Crippen molar-refractivity contribution < 1.29 is 14.3 Å². The Hall–Kier alpha value is -2.62. The second kappa shape index (κ2) is 5.79. The number of rotatable bonds is 3. The lowest BCUT2D eigenvalue weighted by Crippen LogP contribution is -2.47. The van der Waals surface area contributed by atoms with Crippen LogP contribution in [0.25, 0.3) is 0 Å². The molecule has 1 amide bonds. The molecule has 106 valence electrons. The summed E-state index contributed by atoms with van der Waals surface area (Å²) >= 11 is 0. The van der Waals surface area contributed by atoms with Crippen LogP contribution >= 0.6 is 0 Å². The first-order valence-electron chi connectivity index (χ1n) is 6.83. The minimum absolute atomic E-state index is 0.0988. The Kier molecular flexibility index (Phi) is 3.69. The van der Waals surface area contributed by atoms with E-state index < -0.39 is 6.04 Å². The molecule has 0 saturated carbocycles. The topological polar surface area (TPSA) is 55.4 Å². The molecule has 1 aliphatic heterocycles. The number of carbonyl (C=O) groups excluding carboxylic acids is 2. The van der Waals surface area contributed by atoms with Gasteiger partial charge in [-0.3, -0.25) is 9.59 Å². The highest BCUT2D eigenvalue weighted by Crippen LogP contribution is 2.23. The number of para-hydroxylation sites is 1. The van der Waals surface area contributed by atoms with Crippen LogP contribution in [0.4, 0.5) is 0 Å². The molecule has 1 atom stereocenters. The second-order valence-electron chi connectivity index (χ2n) is 4.95. The summed E-state index contributed by atoms with van der Waals surface area (Å²) in [5, 5.41) is 2.74. The first-order chi connectivity index (χ1) is 10.2. The van der Waals surface area contributed by atoms with Gasteiger partial charge in [0.05, 0.1) is 12.0 Å². The molecule has 4 nitrogen and oxygen atoms in total. The van der Waals surface area contributed by atoms with Gasteiger partial charge in [0.1, 0.15) is 18.4 Å². The standard InChI is InChI=1S/C17H15NO3/c19-16(10-12-6-2-1-3-7-12)18-14-11-21-15-9-5-4-8-13(15)17(14)20/h1-9,14H,10-11H2,(H,18,19). The largest absolute Gasteiger partial charge is 0.490 e. The monoisotopic (exact) mass is 281 g/mol. The van der Waals surface area contributed by atoms with Gasteiger partial charge in [0.15, 0.2) is 5.78 Å². The predicted octanol–water partition coefficient (Wildman–Crippen LogP) is 1.99. The highest BCUT2D eigenvalue weighted by atomic mass is 16.5. The average Bonchev–Trinajstić information content (AvgIpc) is 2.51. The number of Topliss-reactive ketones (excluding diaryl/α,β-unsaturated/α-hetero) is 1. The van der Waals surface area contributed by atoms with E-state index in [2.05, 4.69) is 5.32 Å². The van der Waals surface area contributed by atoms with Crippen LogP contribution in [0.5, 0.6) is 5.75 Å². The maximum Gasteiger partial charge on any atom is 0.225 e. The first-order valence-corrected chi connectivity index (χ1v) is 6.83. The molecule has 0 aliphatic carbocycles. The molecule has 1 unspecified atom stereocenters. The lowest BCUT2D eigenvalue weighted by Gasteiger charge is -2.24. The number of hydrogen-bond donors (Lipinski definition) is 1. The zero-order chi connectivity index (χ0) is 14.7. The molecule has 1 N–H and O–H groups in total. The molecule has 0 fully saturated rings. The number of carbonyl (C=O) groups is 2. The first kappa shape index (κ1) is 13.4. The van der Waals surface area contributed by atoms with E-state index in [4.69, 9.17) is 4.74 Å². The third-order valence-electron chi connectivity index (χ3n) is 3.42. The normalized spacial score (nSPS) is 16.8. The molecule has 0 spiro atoms. The Bertz CT molecular complexity index is 667. The maximum atomic E-state index is 12.3. The van der Waals surface area contributed by atoms with E-state index in [-0.39, 0.29) is 24.7 Å². The van der Waals surface area contributed by atoms with Gasteiger partial charge in [-0.25, -0.2) is 0 Å². The van der Waals surface area contributed by atoms with Crippen molar-refractivity contribution in [2.75, 3.05) is 6.61 Å². The van der Waals surface area contributed by atoms with E-state index in [1.165, 1.54) is 0 Å². The molecule has 3 rings (SSSR count). The fourth-order valence-corrected chi connectivity index (χ4v) is 2.37. The van der Waals surface area contributed by atoms with E-state index in [9.17, 15) is 9.59 Å². The van der Waals surface area contributed by atoms with Gasteiger partial charge in [0.25, 0.3) is 0 Å². The number of nitrogens with one attached hydrogen (secondary N) is 1. The molecule has 2 aromatic rings. The van der Waals surface area contributed by atoms with Crippen molar-refractivity contribution >= 4 is 11.7 Å². The van der Waals surface area contributed by atoms with Crippen LogP contribution < -0.4 is 10.1 Å². The lowest BCUT2D eigenvalue weighted by molar-refractivity contribution is -0.121. The van der Waals surface area contributed by atoms with E-state index in [0.29, 0.717) is 11.3 Å². The summed E-state index contributed by atoms with van der Waals surface area (Å²) in [6.07, 6.45) is 0.256. The number of ether oxygens (including phenoxy) is 1. The van der Waals surface area contributed by atoms with Crippen molar-refractivity contribution in [3.8, 4) is 5.75 Å². The minimum Gasteiger partial charge on any atom is -0.490 e. The van der Waals surface area contributed by atoms with Crippen molar-refractivity contribution in [1.82, 2.24) is 5.32 Å². The Morgan fingerprint density at radius 2 is 1.81 bits per heavy atom. The van der Waals surface area contributed by atoms with Crippen LogP contribution in [-0.2, 0) is 11.2 Å². The number of benzene rings is 2. The fraction of sp³-hybridized carbons (Fsp3) is 0.176. The fourth-order valence-electron chi connectivity index (χ4n) is 2.37. The molecular weight excluding hydrogens is 266 g/mol. The molecule has 0 aromatic heterocycles. The van der Waals surface area contributed by atoms with Gasteiger partial charge in [-0.1, -0.05) is 42.5 Å². The molecule has 4 heteroatoms. The molecular formula is C17H15NO3. The quantitative estimate of drug-likeness (QED) is 0.936. The van der Waals surface area contributed by atoms with Gasteiger partial charge in [0, 0.05) is 0 Å². The maximum absolute atomic E-state index is 12.3. The number of fused-ring (bicyclic) bond motifs is 1. The molecule has 1 aliphatic rings. The van der Waals surface area contributed by atoms with Crippen LogP contribution in [0.3, 0.4) is 0 Å². The Morgan fingerprint density at radius 3 is 2.62 bits per heavy atom. The van der Waals surface area contributed by atoms with Crippen molar-refractivity contribution in [3.05, 3.63) is 65.7 Å². The smallest absolute Gasteiger partial charge is 0.225 e. The second-order valence-corrected chi connectivity index (χ2v) is 4.95. The molecule has 21 heavy (non-hydrogen) atoms. The third-order valence-corrected chi connectivity index (χ3v) is 3.42. The van der Waals surface area contributed by atoms with Crippen LogP contribution in [-0.4, -0.2) is 24.3 Å². The summed E-state index contributed by atoms with van der Waals surface area (Å²) < 4.78 is 5.52. The highest BCUT2D eigenvalue weighted by molar-refractivity contribution is 6.05. The summed E-state index contributed by atoms with van der Waals surface area (Å²) in [6.45, 7) is 0.177. The Labute approximate surface area is 122 Å². The van der Waals surface area contributed by atoms with Gasteiger partial charge < -0.3 is 10.1 Å². The molecule has 0 radical (unpaired) electrons. The average molecular weight is 281 g/mol. The van der Waals surface area contributed by atoms with Crippen molar-refractivity contribution in [2.24, 2.45) is 0 Å². The predicted molar refractivity (Wildman–Crippen MR) is 78.3 cm³/mol. The molecule has 2 aromatic carbocycles. The van der Waals surface area contributed by atoms with Crippen molar-refractivity contribution in [2.45, 2.75) is 12.5 Å². The molecule has 0 saturated heterocycles. The SMILES string of the molecule is O=C(Cc1ccccc1)NC1COc2ccccc2C1=O. The Morgan fingerprint density at radius 1 is 1.10 bits per heavy atom. The van der Waals surface area contributed by atoms with Crippen LogP contribution in [0.15, 0.2) is 54.6 Å². The van der Waals surface area contributed by atoms with Gasteiger partial charge >= 0.3 is 0 Å². The third kappa shape index (κ3) is 2.94. The zero-order valence-corrected chi connectivity index (χ0v) is 11.4. The van der Waals surface area contributed by atoms with Gasteiger partial charge in [0.2, 0.25) is 5.91 Å². The van der Waals surface area contributed by atoms with Crippen molar-refractivity contribution in [1.29, 1.82) is 0 Å². The number of ketones is 1. The van der Waals surface area contributed by atoms with E-state index in [1.54, 1.807) is 18.2 Å². The van der Waals surface area contributed by atoms with E-state index in [1.807, 2.05) is 36.4 Å². The summed E-state index contributed by atoms with van der Waals surface area (Å²) in [5.41, 5.74) is 1.44. The summed E-state index contributed by atoms with van der Waals surface area (Å²) in [6, 6.07) is 15.9. The lowest BCUT2D eigenvalue weighted by atomic mass is 10.0. The van der Waals surface area contributed by atoms with Gasteiger partial charge in [-0.2, -0.15) is 0 Å². The van der Waals surface area contributed by atoms with Crippen molar-refractivity contribution in [3.63, 3.8) is 0 Å². The summed E-state index contributed by atoms with van der Waals surface area (Å²) in [5.74, 6) is 0.303. The van der Waals surface area contributed by atoms with Gasteiger partial charge in [-0.15, -0.1) is 0 Å². The minimum atomic E-state index is -0.615. The molecule has 0 bridgehead atoms. The van der Waals surface area contributed by atoms with Crippen LogP contribution in [0, 0.1) is 0 Å². The van der Waals surface area contributed by atoms with E-state index in [0.717, 1.165) is 5.56 Å². The highest BCUT2D eigenvalue weighted by Gasteiger charge is 2.29. The zero-order valence-electron chi connectivity index (χ0n) is 11.4. The number of hydrogen-bond acceptors (Lipinski definition) is 3. The Balaban J connectivity index is 1.66. The number of amides is 1. The summed E-state index contributed by atoms with van der Waals surface area (Å²) in [7, 11) is 0. The molecule has 1 heterocycles.